The molecule has 1 aliphatic carbocycles. The lowest BCUT2D eigenvalue weighted by atomic mass is 9.86. The molecule has 0 bridgehead atoms. The summed E-state index contributed by atoms with van der Waals surface area (Å²) < 4.78 is 6.76. The second-order valence-corrected chi connectivity index (χ2v) is 10.6. The van der Waals surface area contributed by atoms with Gasteiger partial charge in [0.1, 0.15) is 12.4 Å². The zero-order valence-electron chi connectivity index (χ0n) is 21.0. The van der Waals surface area contributed by atoms with Crippen LogP contribution in [0.15, 0.2) is 29.1 Å². The molecule has 37 heavy (non-hydrogen) atoms. The monoisotopic (exact) mass is 505 g/mol. The fraction of sp³-hybridized carbons (Fsp3) is 0.464. The van der Waals surface area contributed by atoms with Crippen molar-refractivity contribution in [3.05, 3.63) is 56.9 Å². The molecule has 2 aliphatic heterocycles. The van der Waals surface area contributed by atoms with Crippen LogP contribution in [0.4, 0.5) is 0 Å². The topological polar surface area (TPSA) is 125 Å². The smallest absolute Gasteiger partial charge is 0.343 e. The van der Waals surface area contributed by atoms with E-state index in [0.717, 1.165) is 42.2 Å². The molecular weight excluding hydrogens is 474 g/mol. The lowest BCUT2D eigenvalue weighted by Crippen LogP contribution is -2.44. The van der Waals surface area contributed by atoms with Crippen molar-refractivity contribution in [2.45, 2.75) is 76.5 Å². The molecule has 1 unspecified atom stereocenters. The number of aliphatic hydroxyl groups excluding tert-OH is 1. The van der Waals surface area contributed by atoms with Crippen molar-refractivity contribution < 1.29 is 24.9 Å². The highest BCUT2D eigenvalue weighted by atomic mass is 16.6. The van der Waals surface area contributed by atoms with Crippen molar-refractivity contribution >= 4 is 16.9 Å². The molecular formula is C28H31N3O6. The molecule has 3 aliphatic rings. The first kappa shape index (κ1) is 24.1. The van der Waals surface area contributed by atoms with Crippen molar-refractivity contribution in [3.8, 4) is 17.1 Å². The van der Waals surface area contributed by atoms with E-state index in [4.69, 9.17) is 9.72 Å². The van der Waals surface area contributed by atoms with Crippen LogP contribution in [0, 0.1) is 0 Å². The van der Waals surface area contributed by atoms with Crippen molar-refractivity contribution in [1.82, 2.24) is 14.5 Å². The number of nitrogens with zero attached hydrogens (tertiary/aromatic N) is 3. The average molecular weight is 506 g/mol. The van der Waals surface area contributed by atoms with E-state index in [1.807, 2.05) is 13.1 Å². The molecule has 3 N–H and O–H groups in total. The highest BCUT2D eigenvalue weighted by Crippen LogP contribution is 2.40. The number of carbonyl (C=O) groups excluding carboxylic acids is 1. The van der Waals surface area contributed by atoms with Gasteiger partial charge in [-0.25, -0.2) is 9.78 Å². The molecule has 4 heterocycles. The number of cyclic esters (lactones) is 1. The Hall–Kier alpha value is -3.27. The van der Waals surface area contributed by atoms with E-state index in [2.05, 4.69) is 4.90 Å². The van der Waals surface area contributed by atoms with E-state index in [-0.39, 0.29) is 30.4 Å². The normalized spacial score (nSPS) is 24.6. The van der Waals surface area contributed by atoms with Gasteiger partial charge in [-0.05, 0) is 63.4 Å². The molecule has 6 rings (SSSR count). The van der Waals surface area contributed by atoms with Crippen LogP contribution >= 0.6 is 0 Å². The van der Waals surface area contributed by atoms with Crippen molar-refractivity contribution in [2.24, 2.45) is 0 Å². The van der Waals surface area contributed by atoms with Gasteiger partial charge in [-0.1, -0.05) is 6.92 Å². The van der Waals surface area contributed by atoms with Crippen molar-refractivity contribution in [2.75, 3.05) is 7.05 Å². The zero-order chi connectivity index (χ0) is 26.1. The number of hydrogen-bond acceptors (Lipinski definition) is 8. The number of phenols is 1. The summed E-state index contributed by atoms with van der Waals surface area (Å²) in [7, 11) is 2.04. The molecule has 1 atom stereocenters. The van der Waals surface area contributed by atoms with Crippen LogP contribution in [-0.2, 0) is 34.8 Å². The Morgan fingerprint density at radius 3 is 2.68 bits per heavy atom. The van der Waals surface area contributed by atoms with E-state index >= 15 is 0 Å². The standard InChI is InChI=1S/C28H31N3O6/c1-3-28(36)21-11-23-25-15(12-31(23)26(34)20(21)14-37-27(28)35)10-18-19(24(33)9-8-22(18)29-25)13-30(2)16-4-6-17(32)7-5-16/h8-11,16-17,32-33,36H,3-7,12-14H2,1-2H3. The predicted molar refractivity (Wildman–Crippen MR) is 136 cm³/mol. The number of phenolic OH excluding ortho intramolecular Hbond substituents is 1. The average Bonchev–Trinajstić information content (AvgIpc) is 3.25. The molecule has 9 heteroatoms. The first-order chi connectivity index (χ1) is 17.7. The summed E-state index contributed by atoms with van der Waals surface area (Å²) >= 11 is 0. The fourth-order valence-corrected chi connectivity index (χ4v) is 6.14. The van der Waals surface area contributed by atoms with E-state index in [1.54, 1.807) is 29.7 Å². The maximum absolute atomic E-state index is 13.4. The maximum Gasteiger partial charge on any atom is 0.343 e. The van der Waals surface area contributed by atoms with Gasteiger partial charge < -0.3 is 24.6 Å². The quantitative estimate of drug-likeness (QED) is 0.362. The first-order valence-electron chi connectivity index (χ1n) is 12.9. The number of pyridine rings is 2. The third kappa shape index (κ3) is 3.67. The Bertz CT molecular complexity index is 1490. The second-order valence-electron chi connectivity index (χ2n) is 10.6. The first-order valence-corrected chi connectivity index (χ1v) is 12.9. The number of aromatic hydroxyl groups is 1. The van der Waals surface area contributed by atoms with Crippen LogP contribution in [0.25, 0.3) is 22.3 Å². The zero-order valence-corrected chi connectivity index (χ0v) is 21.0. The van der Waals surface area contributed by atoms with Crippen molar-refractivity contribution in [1.29, 1.82) is 0 Å². The summed E-state index contributed by atoms with van der Waals surface area (Å²) in [5, 5.41) is 32.5. The summed E-state index contributed by atoms with van der Waals surface area (Å²) in [6, 6.07) is 7.44. The van der Waals surface area contributed by atoms with E-state index < -0.39 is 11.6 Å². The van der Waals surface area contributed by atoms with Crippen LogP contribution in [0.2, 0.25) is 0 Å². The van der Waals surface area contributed by atoms with E-state index in [9.17, 15) is 24.9 Å². The van der Waals surface area contributed by atoms with Crippen LogP contribution < -0.4 is 5.56 Å². The SMILES string of the molecule is CCC1(O)C(=O)OCc2c1cc1n(c2=O)Cc2cc3c(CN(C)C4CCC(O)CC4)c(O)ccc3nc2-1. The van der Waals surface area contributed by atoms with Crippen LogP contribution in [0.3, 0.4) is 0 Å². The number of aliphatic hydroxyl groups is 2. The number of aromatic nitrogens is 2. The summed E-state index contributed by atoms with van der Waals surface area (Å²) in [6.45, 7) is 2.36. The number of benzene rings is 1. The number of rotatable bonds is 4. The van der Waals surface area contributed by atoms with Crippen molar-refractivity contribution in [3.63, 3.8) is 0 Å². The van der Waals surface area contributed by atoms with Gasteiger partial charge in [0.25, 0.3) is 5.56 Å². The highest BCUT2D eigenvalue weighted by Gasteiger charge is 2.45. The summed E-state index contributed by atoms with van der Waals surface area (Å²) in [4.78, 5) is 32.9. The van der Waals surface area contributed by atoms with Gasteiger partial charge >= 0.3 is 5.97 Å². The summed E-state index contributed by atoms with van der Waals surface area (Å²) in [5.41, 5.74) is 1.95. The molecule has 2 aromatic heterocycles. The maximum atomic E-state index is 13.4. The Morgan fingerprint density at radius 1 is 1.19 bits per heavy atom. The van der Waals surface area contributed by atoms with Crippen LogP contribution in [-0.4, -0.2) is 54.9 Å². The Labute approximate surface area is 213 Å². The van der Waals surface area contributed by atoms with Gasteiger partial charge in [-0.2, -0.15) is 0 Å². The van der Waals surface area contributed by atoms with Gasteiger partial charge in [0, 0.05) is 34.7 Å². The minimum atomic E-state index is -1.86. The molecule has 0 saturated heterocycles. The molecule has 0 amide bonds. The largest absolute Gasteiger partial charge is 0.508 e. The minimum absolute atomic E-state index is 0.0931. The summed E-state index contributed by atoms with van der Waals surface area (Å²) in [5.74, 6) is -0.544. The van der Waals surface area contributed by atoms with Gasteiger partial charge in [0.15, 0.2) is 5.60 Å². The number of carbonyl (C=O) groups is 1. The van der Waals surface area contributed by atoms with Gasteiger partial charge in [-0.3, -0.25) is 9.69 Å². The lowest BCUT2D eigenvalue weighted by Gasteiger charge is -2.33. The Kier molecular flexibility index (Phi) is 5.63. The molecule has 194 valence electrons. The molecule has 0 spiro atoms. The molecule has 1 saturated carbocycles. The highest BCUT2D eigenvalue weighted by molar-refractivity contribution is 5.89. The Morgan fingerprint density at radius 2 is 1.95 bits per heavy atom. The van der Waals surface area contributed by atoms with Crippen LogP contribution in [0.5, 0.6) is 5.75 Å². The molecule has 9 nitrogen and oxygen atoms in total. The molecule has 1 aromatic carbocycles. The van der Waals surface area contributed by atoms with E-state index in [1.165, 1.54) is 0 Å². The van der Waals surface area contributed by atoms with Gasteiger partial charge in [0.2, 0.25) is 0 Å². The molecule has 1 fully saturated rings. The predicted octanol–water partition coefficient (Wildman–Crippen LogP) is 2.52. The number of ether oxygens (including phenoxy) is 1. The lowest BCUT2D eigenvalue weighted by molar-refractivity contribution is -0.172. The fourth-order valence-electron chi connectivity index (χ4n) is 6.14. The number of fused-ring (bicyclic) bond motifs is 5. The van der Waals surface area contributed by atoms with Gasteiger partial charge in [-0.15, -0.1) is 0 Å². The second kappa shape index (κ2) is 8.65. The van der Waals surface area contributed by atoms with E-state index in [0.29, 0.717) is 47.2 Å². The molecule has 3 aromatic rings. The number of hydrogen-bond donors (Lipinski definition) is 3. The Balaban J connectivity index is 1.42. The minimum Gasteiger partial charge on any atom is -0.508 e. The van der Waals surface area contributed by atoms with Crippen LogP contribution in [0.1, 0.15) is 61.3 Å². The summed E-state index contributed by atoms with van der Waals surface area (Å²) in [6.07, 6.45) is 3.26. The third-order valence-corrected chi connectivity index (χ3v) is 8.48. The van der Waals surface area contributed by atoms with Gasteiger partial charge in [0.05, 0.1) is 35.1 Å². The third-order valence-electron chi connectivity index (χ3n) is 8.48. The number of esters is 1. The molecule has 0 radical (unpaired) electrons.